The predicted octanol–water partition coefficient (Wildman–Crippen LogP) is 4.92. The third-order valence-corrected chi connectivity index (χ3v) is 4.72. The molecule has 3 aromatic rings. The van der Waals surface area contributed by atoms with Crippen LogP contribution in [-0.2, 0) is 23.3 Å². The summed E-state index contributed by atoms with van der Waals surface area (Å²) in [6, 6.07) is 18.8. The van der Waals surface area contributed by atoms with Gasteiger partial charge >= 0.3 is 0 Å². The van der Waals surface area contributed by atoms with Gasteiger partial charge in [-0.2, -0.15) is 0 Å². The van der Waals surface area contributed by atoms with Gasteiger partial charge in [0.2, 0.25) is 5.91 Å². The quantitative estimate of drug-likeness (QED) is 0.599. The molecule has 0 aliphatic heterocycles. The Morgan fingerprint density at radius 2 is 1.72 bits per heavy atom. The van der Waals surface area contributed by atoms with Crippen LogP contribution in [0.4, 0.5) is 5.69 Å². The SMILES string of the molecule is CC(C)(C)c1ccccc1NC(=O)CN(Cc1ccco1)Cc1ccccc1O. The number of amides is 1. The Morgan fingerprint density at radius 3 is 2.41 bits per heavy atom. The summed E-state index contributed by atoms with van der Waals surface area (Å²) in [5, 5.41) is 13.2. The third kappa shape index (κ3) is 5.72. The van der Waals surface area contributed by atoms with E-state index >= 15 is 0 Å². The van der Waals surface area contributed by atoms with Crippen LogP contribution in [0.2, 0.25) is 0 Å². The molecule has 0 aliphatic carbocycles. The molecule has 0 bridgehead atoms. The molecule has 5 heteroatoms. The molecule has 2 N–H and O–H groups in total. The van der Waals surface area contributed by atoms with Gasteiger partial charge in [0.15, 0.2) is 0 Å². The molecule has 0 saturated heterocycles. The second-order valence-corrected chi connectivity index (χ2v) is 8.20. The number of furan rings is 1. The number of rotatable bonds is 7. The summed E-state index contributed by atoms with van der Waals surface area (Å²) in [4.78, 5) is 14.8. The number of phenolic OH excluding ortho intramolecular Hbond substituents is 1. The van der Waals surface area contributed by atoms with Crippen LogP contribution in [0.25, 0.3) is 0 Å². The largest absolute Gasteiger partial charge is 0.508 e. The summed E-state index contributed by atoms with van der Waals surface area (Å²) in [6.45, 7) is 7.45. The van der Waals surface area contributed by atoms with Gasteiger partial charge < -0.3 is 14.8 Å². The number of carbonyl (C=O) groups is 1. The monoisotopic (exact) mass is 392 g/mol. The van der Waals surface area contributed by atoms with Crippen molar-refractivity contribution in [2.75, 3.05) is 11.9 Å². The van der Waals surface area contributed by atoms with Crippen molar-refractivity contribution in [1.82, 2.24) is 4.90 Å². The summed E-state index contributed by atoms with van der Waals surface area (Å²) in [5.41, 5.74) is 2.60. The first-order chi connectivity index (χ1) is 13.8. The van der Waals surface area contributed by atoms with Gasteiger partial charge in [0.25, 0.3) is 0 Å². The van der Waals surface area contributed by atoms with E-state index in [-0.39, 0.29) is 23.6 Å². The topological polar surface area (TPSA) is 65.7 Å². The van der Waals surface area contributed by atoms with E-state index in [1.165, 1.54) is 0 Å². The number of hydrogen-bond acceptors (Lipinski definition) is 4. The van der Waals surface area contributed by atoms with E-state index < -0.39 is 0 Å². The molecule has 152 valence electrons. The lowest BCUT2D eigenvalue weighted by Gasteiger charge is -2.25. The molecule has 0 atom stereocenters. The molecule has 0 unspecified atom stereocenters. The lowest BCUT2D eigenvalue weighted by molar-refractivity contribution is -0.117. The van der Waals surface area contributed by atoms with E-state index in [4.69, 9.17) is 4.42 Å². The van der Waals surface area contributed by atoms with Crippen molar-refractivity contribution in [3.63, 3.8) is 0 Å². The average molecular weight is 392 g/mol. The van der Waals surface area contributed by atoms with Crippen LogP contribution in [0.3, 0.4) is 0 Å². The fourth-order valence-electron chi connectivity index (χ4n) is 3.32. The second kappa shape index (κ2) is 8.97. The maximum absolute atomic E-state index is 12.9. The number of aromatic hydroxyl groups is 1. The van der Waals surface area contributed by atoms with Crippen molar-refractivity contribution in [3.8, 4) is 5.75 Å². The number of nitrogens with zero attached hydrogens (tertiary/aromatic N) is 1. The molecule has 3 rings (SSSR count). The van der Waals surface area contributed by atoms with Crippen molar-refractivity contribution in [2.45, 2.75) is 39.3 Å². The van der Waals surface area contributed by atoms with Gasteiger partial charge in [-0.05, 0) is 35.2 Å². The maximum Gasteiger partial charge on any atom is 0.238 e. The lowest BCUT2D eigenvalue weighted by atomic mass is 9.86. The molecule has 29 heavy (non-hydrogen) atoms. The molecule has 0 fully saturated rings. The molecule has 0 aliphatic rings. The molecule has 0 saturated carbocycles. The molecule has 0 spiro atoms. The Bertz CT molecular complexity index is 943. The fourth-order valence-corrected chi connectivity index (χ4v) is 3.32. The first-order valence-corrected chi connectivity index (χ1v) is 9.74. The van der Waals surface area contributed by atoms with Crippen LogP contribution in [0.1, 0.15) is 37.7 Å². The second-order valence-electron chi connectivity index (χ2n) is 8.20. The van der Waals surface area contributed by atoms with Gasteiger partial charge in [0.1, 0.15) is 11.5 Å². The van der Waals surface area contributed by atoms with E-state index in [0.717, 1.165) is 22.6 Å². The van der Waals surface area contributed by atoms with Crippen LogP contribution in [0, 0.1) is 0 Å². The van der Waals surface area contributed by atoms with E-state index in [0.29, 0.717) is 13.1 Å². The van der Waals surface area contributed by atoms with Crippen LogP contribution >= 0.6 is 0 Å². The molecule has 1 aromatic heterocycles. The van der Waals surface area contributed by atoms with Crippen molar-refractivity contribution in [2.24, 2.45) is 0 Å². The van der Waals surface area contributed by atoms with Crippen LogP contribution in [0.5, 0.6) is 5.75 Å². The van der Waals surface area contributed by atoms with Crippen LogP contribution in [-0.4, -0.2) is 22.5 Å². The minimum Gasteiger partial charge on any atom is -0.508 e. The molecule has 1 amide bonds. The predicted molar refractivity (Wildman–Crippen MR) is 115 cm³/mol. The van der Waals surface area contributed by atoms with E-state index in [9.17, 15) is 9.90 Å². The zero-order chi connectivity index (χ0) is 20.9. The summed E-state index contributed by atoms with van der Waals surface area (Å²) in [6.07, 6.45) is 1.62. The Morgan fingerprint density at radius 1 is 1.00 bits per heavy atom. The van der Waals surface area contributed by atoms with Gasteiger partial charge in [-0.15, -0.1) is 0 Å². The molecular weight excluding hydrogens is 364 g/mol. The maximum atomic E-state index is 12.9. The van der Waals surface area contributed by atoms with E-state index in [2.05, 4.69) is 26.1 Å². The summed E-state index contributed by atoms with van der Waals surface area (Å²) >= 11 is 0. The third-order valence-electron chi connectivity index (χ3n) is 4.72. The van der Waals surface area contributed by atoms with Gasteiger partial charge in [0, 0.05) is 17.8 Å². The van der Waals surface area contributed by atoms with Crippen LogP contribution < -0.4 is 5.32 Å². The normalized spacial score (nSPS) is 11.6. The molecule has 1 heterocycles. The van der Waals surface area contributed by atoms with Crippen molar-refractivity contribution in [1.29, 1.82) is 0 Å². The minimum absolute atomic E-state index is 0.0758. The van der Waals surface area contributed by atoms with Gasteiger partial charge in [-0.25, -0.2) is 0 Å². The van der Waals surface area contributed by atoms with Crippen LogP contribution in [0.15, 0.2) is 71.3 Å². The van der Waals surface area contributed by atoms with Gasteiger partial charge in [-0.3, -0.25) is 9.69 Å². The number of hydrogen-bond donors (Lipinski definition) is 2. The highest BCUT2D eigenvalue weighted by molar-refractivity contribution is 5.93. The number of para-hydroxylation sites is 2. The van der Waals surface area contributed by atoms with Crippen molar-refractivity contribution >= 4 is 11.6 Å². The van der Waals surface area contributed by atoms with Gasteiger partial charge in [0.05, 0.1) is 19.4 Å². The van der Waals surface area contributed by atoms with Gasteiger partial charge in [-0.1, -0.05) is 57.2 Å². The first-order valence-electron chi connectivity index (χ1n) is 9.74. The smallest absolute Gasteiger partial charge is 0.238 e. The zero-order valence-corrected chi connectivity index (χ0v) is 17.2. The standard InChI is InChI=1S/C24H28N2O3/c1-24(2,3)20-11-5-6-12-21(20)25-23(28)17-26(16-19-10-8-14-29-19)15-18-9-4-7-13-22(18)27/h4-14,27H,15-17H2,1-3H3,(H,25,28). The highest BCUT2D eigenvalue weighted by Gasteiger charge is 2.20. The summed E-state index contributed by atoms with van der Waals surface area (Å²) < 4.78 is 5.46. The molecule has 5 nitrogen and oxygen atoms in total. The highest BCUT2D eigenvalue weighted by atomic mass is 16.3. The Hall–Kier alpha value is -3.05. The molecule has 2 aromatic carbocycles. The number of anilines is 1. The van der Waals surface area contributed by atoms with Crippen molar-refractivity contribution in [3.05, 3.63) is 83.8 Å². The molecular formula is C24H28N2O3. The fraction of sp³-hybridized carbons (Fsp3) is 0.292. The van der Waals surface area contributed by atoms with Crippen molar-refractivity contribution < 1.29 is 14.3 Å². The van der Waals surface area contributed by atoms with E-state index in [1.54, 1.807) is 18.4 Å². The number of benzene rings is 2. The average Bonchev–Trinajstić information content (AvgIpc) is 3.16. The lowest BCUT2D eigenvalue weighted by Crippen LogP contribution is -2.33. The number of carbonyl (C=O) groups excluding carboxylic acids is 1. The number of phenols is 1. The molecule has 0 radical (unpaired) electrons. The Balaban J connectivity index is 1.75. The Labute approximate surface area is 172 Å². The summed E-state index contributed by atoms with van der Waals surface area (Å²) in [5.74, 6) is 0.877. The number of nitrogens with one attached hydrogen (secondary N) is 1. The summed E-state index contributed by atoms with van der Waals surface area (Å²) in [7, 11) is 0. The zero-order valence-electron chi connectivity index (χ0n) is 17.2. The minimum atomic E-state index is -0.108. The highest BCUT2D eigenvalue weighted by Crippen LogP contribution is 2.29. The first kappa shape index (κ1) is 20.7. The van der Waals surface area contributed by atoms with E-state index in [1.807, 2.05) is 53.4 Å². The Kier molecular flexibility index (Phi) is 6.39.